The summed E-state index contributed by atoms with van der Waals surface area (Å²) >= 11 is 0. The summed E-state index contributed by atoms with van der Waals surface area (Å²) in [6, 6.07) is 8.41. The van der Waals surface area contributed by atoms with Gasteiger partial charge >= 0.3 is 29.6 Å². The predicted octanol–water partition coefficient (Wildman–Crippen LogP) is -1.14. The van der Waals surface area contributed by atoms with Crippen LogP contribution in [0.3, 0.4) is 0 Å². The molecular formula is C19H24NNaO4S. The third kappa shape index (κ3) is 5.20. The minimum Gasteiger partial charge on any atom is -0.550 e. The van der Waals surface area contributed by atoms with E-state index in [4.69, 9.17) is 0 Å². The summed E-state index contributed by atoms with van der Waals surface area (Å²) in [7, 11) is -3.52. The van der Waals surface area contributed by atoms with Crippen LogP contribution in [0.15, 0.2) is 47.4 Å². The number of hydrogen-bond acceptors (Lipinski definition) is 4. The molecule has 0 saturated heterocycles. The fourth-order valence-electron chi connectivity index (χ4n) is 4.25. The maximum absolute atomic E-state index is 12.7. The van der Waals surface area contributed by atoms with E-state index in [1.807, 2.05) is 6.08 Å². The number of carboxylic acids is 1. The minimum absolute atomic E-state index is 0. The Kier molecular flexibility index (Phi) is 7.91. The molecule has 0 radical (unpaired) electrons. The molecule has 0 aliphatic heterocycles. The van der Waals surface area contributed by atoms with Crippen molar-refractivity contribution < 1.29 is 47.9 Å². The maximum atomic E-state index is 12.7. The van der Waals surface area contributed by atoms with Crippen LogP contribution in [0.5, 0.6) is 0 Å². The van der Waals surface area contributed by atoms with E-state index in [0.29, 0.717) is 29.6 Å². The topological polar surface area (TPSA) is 86.3 Å². The molecule has 0 spiro atoms. The number of carbonyl (C=O) groups is 1. The number of carbonyl (C=O) groups excluding carboxylic acids is 1. The zero-order valence-electron chi connectivity index (χ0n) is 15.1. The van der Waals surface area contributed by atoms with Crippen LogP contribution in [0.1, 0.15) is 38.5 Å². The number of fused-ring (bicyclic) bond motifs is 2. The van der Waals surface area contributed by atoms with Crippen LogP contribution < -0.4 is 39.4 Å². The number of sulfonamides is 1. The van der Waals surface area contributed by atoms with Crippen LogP contribution >= 0.6 is 0 Å². The van der Waals surface area contributed by atoms with Gasteiger partial charge in [0.1, 0.15) is 0 Å². The van der Waals surface area contributed by atoms with E-state index < -0.39 is 16.0 Å². The van der Waals surface area contributed by atoms with Crippen LogP contribution in [0.2, 0.25) is 0 Å². The molecule has 0 aromatic heterocycles. The van der Waals surface area contributed by atoms with E-state index in [1.165, 1.54) is 0 Å². The number of benzene rings is 1. The molecule has 2 aliphatic rings. The van der Waals surface area contributed by atoms with Crippen molar-refractivity contribution in [2.75, 3.05) is 0 Å². The number of carboxylic acid groups (broad SMARTS) is 1. The molecule has 1 aromatic carbocycles. The zero-order chi connectivity index (χ0) is 17.9. The Morgan fingerprint density at radius 1 is 1.19 bits per heavy atom. The van der Waals surface area contributed by atoms with Gasteiger partial charge in [-0.3, -0.25) is 0 Å². The van der Waals surface area contributed by atoms with Crippen molar-refractivity contribution in [3.8, 4) is 0 Å². The molecule has 4 atom stereocenters. The van der Waals surface area contributed by atoms with Crippen molar-refractivity contribution in [2.45, 2.75) is 49.5 Å². The Hall–Kier alpha value is -0.660. The van der Waals surface area contributed by atoms with E-state index in [2.05, 4.69) is 10.8 Å². The number of unbranched alkanes of at least 4 members (excludes halogenated alkanes) is 1. The SMILES string of the molecule is O=C([O-])CCC/C=C\[C@H]1[C@@H]2CC[C@H](C2)[C@@H]1NS(=O)(=O)c1ccccc1.[Na+]. The first kappa shape index (κ1) is 21.6. The number of allylic oxidation sites excluding steroid dienone is 1. The molecule has 3 rings (SSSR count). The van der Waals surface area contributed by atoms with Gasteiger partial charge in [0.15, 0.2) is 0 Å². The van der Waals surface area contributed by atoms with Gasteiger partial charge in [0.25, 0.3) is 0 Å². The molecule has 0 heterocycles. The molecular weight excluding hydrogens is 361 g/mol. The Balaban J connectivity index is 0.00000243. The third-order valence-electron chi connectivity index (χ3n) is 5.44. The monoisotopic (exact) mass is 385 g/mol. The van der Waals surface area contributed by atoms with E-state index in [0.717, 1.165) is 19.3 Å². The molecule has 2 saturated carbocycles. The van der Waals surface area contributed by atoms with Crippen LogP contribution in [0, 0.1) is 17.8 Å². The van der Waals surface area contributed by atoms with Gasteiger partial charge in [-0.2, -0.15) is 0 Å². The van der Waals surface area contributed by atoms with Gasteiger partial charge < -0.3 is 9.90 Å². The first-order chi connectivity index (χ1) is 12.0. The van der Waals surface area contributed by atoms with Crippen molar-refractivity contribution >= 4 is 16.0 Å². The van der Waals surface area contributed by atoms with Gasteiger partial charge in [0, 0.05) is 12.0 Å². The number of nitrogens with one attached hydrogen (secondary N) is 1. The van der Waals surface area contributed by atoms with Crippen molar-refractivity contribution in [3.05, 3.63) is 42.5 Å². The number of hydrogen-bond donors (Lipinski definition) is 1. The molecule has 2 bridgehead atoms. The van der Waals surface area contributed by atoms with Gasteiger partial charge in [-0.1, -0.05) is 30.4 Å². The van der Waals surface area contributed by atoms with E-state index in [-0.39, 0.29) is 47.9 Å². The van der Waals surface area contributed by atoms with Crippen LogP contribution in [-0.2, 0) is 14.8 Å². The minimum atomic E-state index is -3.52. The normalized spacial score (nSPS) is 27.5. The smallest absolute Gasteiger partial charge is 0.550 e. The number of rotatable bonds is 8. The predicted molar refractivity (Wildman–Crippen MR) is 92.9 cm³/mol. The molecule has 1 aromatic rings. The van der Waals surface area contributed by atoms with Crippen LogP contribution in [0.4, 0.5) is 0 Å². The molecule has 2 aliphatic carbocycles. The maximum Gasteiger partial charge on any atom is 1.00 e. The quantitative estimate of drug-likeness (QED) is 0.348. The third-order valence-corrected chi connectivity index (χ3v) is 6.91. The summed E-state index contributed by atoms with van der Waals surface area (Å²) in [5.41, 5.74) is 0. The Morgan fingerprint density at radius 2 is 1.88 bits per heavy atom. The van der Waals surface area contributed by atoms with Gasteiger partial charge in [-0.15, -0.1) is 0 Å². The summed E-state index contributed by atoms with van der Waals surface area (Å²) in [6.45, 7) is 0. The molecule has 136 valence electrons. The average molecular weight is 385 g/mol. The van der Waals surface area contributed by atoms with E-state index in [9.17, 15) is 18.3 Å². The molecule has 26 heavy (non-hydrogen) atoms. The molecule has 0 unspecified atom stereocenters. The molecule has 2 fully saturated rings. The second-order valence-electron chi connectivity index (χ2n) is 7.06. The van der Waals surface area contributed by atoms with Crippen molar-refractivity contribution in [3.63, 3.8) is 0 Å². The van der Waals surface area contributed by atoms with Gasteiger partial charge in [-0.25, -0.2) is 13.1 Å². The average Bonchev–Trinajstić information content (AvgIpc) is 3.17. The second-order valence-corrected chi connectivity index (χ2v) is 8.78. The molecule has 0 amide bonds. The van der Waals surface area contributed by atoms with Gasteiger partial charge in [-0.05, 0) is 68.4 Å². The summed E-state index contributed by atoms with van der Waals surface area (Å²) < 4.78 is 28.2. The van der Waals surface area contributed by atoms with E-state index in [1.54, 1.807) is 30.3 Å². The van der Waals surface area contributed by atoms with Crippen molar-refractivity contribution in [2.24, 2.45) is 17.8 Å². The Bertz CT molecular complexity index is 735. The van der Waals surface area contributed by atoms with Gasteiger partial charge in [0.2, 0.25) is 10.0 Å². The number of aliphatic carboxylic acids is 1. The summed E-state index contributed by atoms with van der Waals surface area (Å²) in [4.78, 5) is 10.8. The molecule has 5 nitrogen and oxygen atoms in total. The first-order valence-electron chi connectivity index (χ1n) is 8.91. The standard InChI is InChI=1S/C19H25NO4S.Na/c21-18(22)10-6-2-5-9-17-14-11-12-15(13-14)19(17)20-25(23,24)16-7-3-1-4-8-16;/h1,3-5,7-9,14-15,17,19-20H,2,6,10-13H2,(H,21,22);/q;+1/p-1/b9-5-;/t14-,15-,17+,19+;/m1./s1. The van der Waals surface area contributed by atoms with Crippen LogP contribution in [0.25, 0.3) is 0 Å². The van der Waals surface area contributed by atoms with Crippen molar-refractivity contribution in [1.82, 2.24) is 4.72 Å². The molecule has 7 heteroatoms. The Morgan fingerprint density at radius 3 is 2.58 bits per heavy atom. The van der Waals surface area contributed by atoms with Crippen molar-refractivity contribution in [1.29, 1.82) is 0 Å². The fourth-order valence-corrected chi connectivity index (χ4v) is 5.61. The van der Waals surface area contributed by atoms with E-state index >= 15 is 0 Å². The summed E-state index contributed by atoms with van der Waals surface area (Å²) in [5, 5.41) is 10.5. The van der Waals surface area contributed by atoms with Crippen LogP contribution in [-0.4, -0.2) is 20.4 Å². The first-order valence-corrected chi connectivity index (χ1v) is 10.4. The largest absolute Gasteiger partial charge is 1.00 e. The van der Waals surface area contributed by atoms with Gasteiger partial charge in [0.05, 0.1) is 4.90 Å². The summed E-state index contributed by atoms with van der Waals surface area (Å²) in [6.07, 6.45) is 8.67. The fraction of sp³-hybridized carbons (Fsp3) is 0.526. The zero-order valence-corrected chi connectivity index (χ0v) is 18.0. The second kappa shape index (κ2) is 9.51. The molecule has 1 N–H and O–H groups in total. The Labute approximate surface area is 177 Å². The summed E-state index contributed by atoms with van der Waals surface area (Å²) in [5.74, 6) is 0.0780.